The van der Waals surface area contributed by atoms with Gasteiger partial charge in [0.1, 0.15) is 23.9 Å². The molecule has 10 nitrogen and oxygen atoms in total. The predicted octanol–water partition coefficient (Wildman–Crippen LogP) is 4.48. The molecule has 1 aromatic heterocycles. The lowest BCUT2D eigenvalue weighted by Crippen LogP contribution is -2.50. The van der Waals surface area contributed by atoms with Crippen LogP contribution in [0.2, 0.25) is 0 Å². The zero-order valence-electron chi connectivity index (χ0n) is 23.3. The Kier molecular flexibility index (Phi) is 8.47. The third-order valence-electron chi connectivity index (χ3n) is 5.95. The second-order valence-corrected chi connectivity index (χ2v) is 10.4. The number of carbonyl (C=O) groups excluding carboxylic acids is 3. The van der Waals surface area contributed by atoms with Crippen LogP contribution >= 0.6 is 0 Å². The van der Waals surface area contributed by atoms with Crippen LogP contribution in [0.3, 0.4) is 0 Å². The standard InChI is InChI=1S/C30H34N6O4/c1-6-40-24-17-11-21(12-18-24)28(29(39)32-30(3,4)5)36(23-15-13-22(14-16-23)31-20(2)37)27(38)19-35-26-10-8-7-9-25(26)33-34-35/h7-18,28H,6,19H2,1-5H3,(H,31,37)(H,32,39). The SMILES string of the molecule is CCOc1ccc(C(C(=O)NC(C)(C)C)N(C(=O)Cn2nnc3ccccc32)c2ccc(NC(C)=O)cc2)cc1. The van der Waals surface area contributed by atoms with Crippen molar-refractivity contribution in [2.45, 2.75) is 52.7 Å². The molecule has 10 heteroatoms. The smallest absolute Gasteiger partial charge is 0.249 e. The minimum atomic E-state index is -1.01. The molecule has 3 aromatic carbocycles. The van der Waals surface area contributed by atoms with Crippen LogP contribution in [0.1, 0.15) is 46.2 Å². The summed E-state index contributed by atoms with van der Waals surface area (Å²) < 4.78 is 7.12. The lowest BCUT2D eigenvalue weighted by molar-refractivity contribution is -0.128. The number of amides is 3. The Labute approximate surface area is 233 Å². The number of para-hydroxylation sites is 1. The molecule has 0 aliphatic carbocycles. The van der Waals surface area contributed by atoms with E-state index in [1.54, 1.807) is 48.5 Å². The number of hydrogen-bond acceptors (Lipinski definition) is 6. The molecular weight excluding hydrogens is 508 g/mol. The van der Waals surface area contributed by atoms with Crippen molar-refractivity contribution in [3.63, 3.8) is 0 Å². The van der Waals surface area contributed by atoms with Gasteiger partial charge in [0.15, 0.2) is 0 Å². The molecule has 0 spiro atoms. The van der Waals surface area contributed by atoms with E-state index in [0.29, 0.717) is 40.3 Å². The highest BCUT2D eigenvalue weighted by molar-refractivity contribution is 6.02. The van der Waals surface area contributed by atoms with Gasteiger partial charge in [-0.05, 0) is 81.8 Å². The van der Waals surface area contributed by atoms with Gasteiger partial charge in [-0.25, -0.2) is 4.68 Å². The summed E-state index contributed by atoms with van der Waals surface area (Å²) in [5, 5.41) is 14.1. The van der Waals surface area contributed by atoms with Crippen LogP contribution in [0, 0.1) is 0 Å². The normalized spacial score (nSPS) is 12.0. The topological polar surface area (TPSA) is 118 Å². The van der Waals surface area contributed by atoms with E-state index < -0.39 is 11.6 Å². The number of hydrogen-bond donors (Lipinski definition) is 2. The summed E-state index contributed by atoms with van der Waals surface area (Å²) in [6, 6.07) is 20.3. The summed E-state index contributed by atoms with van der Waals surface area (Å²) in [7, 11) is 0. The van der Waals surface area contributed by atoms with Crippen molar-refractivity contribution >= 4 is 40.1 Å². The second kappa shape index (κ2) is 12.0. The van der Waals surface area contributed by atoms with E-state index in [1.807, 2.05) is 52.0 Å². The average molecular weight is 543 g/mol. The van der Waals surface area contributed by atoms with Crippen LogP contribution < -0.4 is 20.3 Å². The lowest BCUT2D eigenvalue weighted by Gasteiger charge is -2.34. The summed E-state index contributed by atoms with van der Waals surface area (Å²) >= 11 is 0. The van der Waals surface area contributed by atoms with E-state index in [-0.39, 0.29) is 24.3 Å². The maximum absolute atomic E-state index is 14.1. The highest BCUT2D eigenvalue weighted by Crippen LogP contribution is 2.31. The number of anilines is 2. The number of nitrogens with one attached hydrogen (secondary N) is 2. The third-order valence-corrected chi connectivity index (χ3v) is 5.95. The molecule has 1 heterocycles. The van der Waals surface area contributed by atoms with Crippen LogP contribution in [0.25, 0.3) is 11.0 Å². The molecule has 0 radical (unpaired) electrons. The van der Waals surface area contributed by atoms with Gasteiger partial charge in [0.25, 0.3) is 0 Å². The summed E-state index contributed by atoms with van der Waals surface area (Å²) in [6.07, 6.45) is 0. The first kappa shape index (κ1) is 28.3. The summed E-state index contributed by atoms with van der Waals surface area (Å²) in [5.74, 6) is -0.270. The van der Waals surface area contributed by atoms with Gasteiger partial charge in [-0.1, -0.05) is 29.5 Å². The maximum Gasteiger partial charge on any atom is 0.249 e. The molecule has 40 heavy (non-hydrogen) atoms. The number of carbonyl (C=O) groups is 3. The molecule has 1 atom stereocenters. The van der Waals surface area contributed by atoms with Crippen molar-refractivity contribution < 1.29 is 19.1 Å². The minimum absolute atomic E-state index is 0.149. The number of aromatic nitrogens is 3. The van der Waals surface area contributed by atoms with Gasteiger partial charge < -0.3 is 15.4 Å². The molecule has 2 N–H and O–H groups in total. The van der Waals surface area contributed by atoms with Gasteiger partial charge in [-0.3, -0.25) is 19.3 Å². The minimum Gasteiger partial charge on any atom is -0.494 e. The molecule has 0 aliphatic heterocycles. The number of ether oxygens (including phenoxy) is 1. The van der Waals surface area contributed by atoms with Crippen molar-refractivity contribution in [1.82, 2.24) is 20.3 Å². The van der Waals surface area contributed by atoms with Crippen LogP contribution in [-0.4, -0.2) is 44.9 Å². The molecule has 0 bridgehead atoms. The van der Waals surface area contributed by atoms with Gasteiger partial charge in [0, 0.05) is 23.8 Å². The third kappa shape index (κ3) is 6.82. The number of benzene rings is 3. The van der Waals surface area contributed by atoms with Gasteiger partial charge in [-0.2, -0.15) is 0 Å². The van der Waals surface area contributed by atoms with Crippen molar-refractivity contribution in [2.24, 2.45) is 0 Å². The van der Waals surface area contributed by atoms with Crippen molar-refractivity contribution in [2.75, 3.05) is 16.8 Å². The van der Waals surface area contributed by atoms with Crippen LogP contribution in [-0.2, 0) is 20.9 Å². The zero-order valence-corrected chi connectivity index (χ0v) is 23.3. The van der Waals surface area contributed by atoms with Crippen LogP contribution in [0.4, 0.5) is 11.4 Å². The largest absolute Gasteiger partial charge is 0.494 e. The molecule has 0 saturated heterocycles. The fraction of sp³-hybridized carbons (Fsp3) is 0.300. The molecule has 3 amide bonds. The molecule has 1 unspecified atom stereocenters. The van der Waals surface area contributed by atoms with E-state index in [2.05, 4.69) is 20.9 Å². The van der Waals surface area contributed by atoms with E-state index in [9.17, 15) is 14.4 Å². The Morgan fingerprint density at radius 1 is 0.975 bits per heavy atom. The quantitative estimate of drug-likeness (QED) is 0.322. The van der Waals surface area contributed by atoms with Crippen molar-refractivity contribution in [1.29, 1.82) is 0 Å². The fourth-order valence-electron chi connectivity index (χ4n) is 4.35. The Hall–Kier alpha value is -4.73. The van der Waals surface area contributed by atoms with Gasteiger partial charge in [-0.15, -0.1) is 5.10 Å². The number of fused-ring (bicyclic) bond motifs is 1. The van der Waals surface area contributed by atoms with Gasteiger partial charge in [0.05, 0.1) is 12.1 Å². The van der Waals surface area contributed by atoms with E-state index >= 15 is 0 Å². The Morgan fingerprint density at radius 2 is 1.65 bits per heavy atom. The lowest BCUT2D eigenvalue weighted by atomic mass is 10.0. The highest BCUT2D eigenvalue weighted by Gasteiger charge is 2.35. The summed E-state index contributed by atoms with van der Waals surface area (Å²) in [6.45, 7) is 9.33. The van der Waals surface area contributed by atoms with E-state index in [1.165, 1.54) is 16.5 Å². The first-order valence-corrected chi connectivity index (χ1v) is 13.1. The number of rotatable bonds is 9. The van der Waals surface area contributed by atoms with Crippen molar-refractivity contribution in [3.8, 4) is 5.75 Å². The summed E-state index contributed by atoms with van der Waals surface area (Å²) in [4.78, 5) is 41.0. The molecule has 4 aromatic rings. The van der Waals surface area contributed by atoms with Crippen LogP contribution in [0.5, 0.6) is 5.75 Å². The Bertz CT molecular complexity index is 1490. The van der Waals surface area contributed by atoms with Crippen LogP contribution in [0.15, 0.2) is 72.8 Å². The molecular formula is C30H34N6O4. The number of nitrogens with zero attached hydrogens (tertiary/aromatic N) is 4. The summed E-state index contributed by atoms with van der Waals surface area (Å²) in [5.41, 5.74) is 2.47. The van der Waals surface area contributed by atoms with E-state index in [4.69, 9.17) is 4.74 Å². The zero-order chi connectivity index (χ0) is 28.9. The average Bonchev–Trinajstić information content (AvgIpc) is 3.30. The Morgan fingerprint density at radius 3 is 2.27 bits per heavy atom. The predicted molar refractivity (Wildman–Crippen MR) is 154 cm³/mol. The molecule has 208 valence electrons. The molecule has 0 fully saturated rings. The maximum atomic E-state index is 14.1. The highest BCUT2D eigenvalue weighted by atomic mass is 16.5. The fourth-order valence-corrected chi connectivity index (χ4v) is 4.35. The monoisotopic (exact) mass is 542 g/mol. The molecule has 0 saturated carbocycles. The molecule has 0 aliphatic rings. The first-order chi connectivity index (χ1) is 19.1. The molecule has 4 rings (SSSR count). The Balaban J connectivity index is 1.81. The van der Waals surface area contributed by atoms with E-state index in [0.717, 1.165) is 0 Å². The second-order valence-electron chi connectivity index (χ2n) is 10.4. The first-order valence-electron chi connectivity index (χ1n) is 13.1. The van der Waals surface area contributed by atoms with Crippen molar-refractivity contribution in [3.05, 3.63) is 78.4 Å². The van der Waals surface area contributed by atoms with Gasteiger partial charge in [0.2, 0.25) is 17.7 Å². The van der Waals surface area contributed by atoms with Gasteiger partial charge >= 0.3 is 0 Å².